The first-order valence-corrected chi connectivity index (χ1v) is 8.31. The predicted molar refractivity (Wildman–Crippen MR) is 89.6 cm³/mol. The molecule has 4 heteroatoms. The Kier molecular flexibility index (Phi) is 3.87. The fourth-order valence-corrected chi connectivity index (χ4v) is 4.28. The van der Waals surface area contributed by atoms with Gasteiger partial charge < -0.3 is 10.0 Å². The van der Waals surface area contributed by atoms with E-state index in [2.05, 4.69) is 26.0 Å². The SMILES string of the molecule is CC(c1ccccc1)N1C(=O)CSC1(C)c1ccc(O)cc1. The van der Waals surface area contributed by atoms with E-state index < -0.39 is 4.87 Å². The number of phenolic OH excluding ortho intramolecular Hbond substituents is 1. The third-order valence-corrected chi connectivity index (χ3v) is 5.66. The van der Waals surface area contributed by atoms with Crippen molar-refractivity contribution in [2.75, 3.05) is 5.75 Å². The van der Waals surface area contributed by atoms with Crippen molar-refractivity contribution >= 4 is 17.7 Å². The molecule has 0 aliphatic carbocycles. The number of rotatable bonds is 3. The van der Waals surface area contributed by atoms with Crippen molar-refractivity contribution in [1.82, 2.24) is 4.90 Å². The second-order valence-corrected chi connectivity index (χ2v) is 7.04. The molecular weight excluding hydrogens is 294 g/mol. The van der Waals surface area contributed by atoms with E-state index in [4.69, 9.17) is 0 Å². The predicted octanol–water partition coefficient (Wildman–Crippen LogP) is 3.90. The lowest BCUT2D eigenvalue weighted by Crippen LogP contribution is -2.41. The van der Waals surface area contributed by atoms with Crippen LogP contribution in [-0.4, -0.2) is 21.7 Å². The standard InChI is InChI=1S/C18H19NO2S/c1-13(14-6-4-3-5-7-14)19-17(21)12-22-18(19,2)15-8-10-16(20)11-9-15/h3-11,13,20H,12H2,1-2H3. The largest absolute Gasteiger partial charge is 0.508 e. The smallest absolute Gasteiger partial charge is 0.234 e. The number of benzene rings is 2. The molecule has 3 rings (SSSR count). The summed E-state index contributed by atoms with van der Waals surface area (Å²) in [4.78, 5) is 14.0. The molecule has 1 aliphatic rings. The molecule has 0 radical (unpaired) electrons. The Morgan fingerprint density at radius 3 is 2.41 bits per heavy atom. The summed E-state index contributed by atoms with van der Waals surface area (Å²) in [5.41, 5.74) is 2.16. The highest BCUT2D eigenvalue weighted by molar-refractivity contribution is 8.01. The average Bonchev–Trinajstić information content (AvgIpc) is 2.84. The second kappa shape index (κ2) is 5.69. The summed E-state index contributed by atoms with van der Waals surface area (Å²) in [6.45, 7) is 4.15. The zero-order chi connectivity index (χ0) is 15.7. The van der Waals surface area contributed by atoms with Crippen molar-refractivity contribution in [2.24, 2.45) is 0 Å². The van der Waals surface area contributed by atoms with Gasteiger partial charge >= 0.3 is 0 Å². The van der Waals surface area contributed by atoms with E-state index in [9.17, 15) is 9.90 Å². The number of nitrogens with zero attached hydrogens (tertiary/aromatic N) is 1. The molecule has 1 amide bonds. The molecular formula is C18H19NO2S. The molecule has 3 nitrogen and oxygen atoms in total. The number of aromatic hydroxyl groups is 1. The molecule has 0 saturated carbocycles. The van der Waals surface area contributed by atoms with Crippen molar-refractivity contribution in [3.63, 3.8) is 0 Å². The van der Waals surface area contributed by atoms with Crippen molar-refractivity contribution in [2.45, 2.75) is 24.8 Å². The summed E-state index contributed by atoms with van der Waals surface area (Å²) >= 11 is 1.64. The van der Waals surface area contributed by atoms with Gasteiger partial charge in [-0.15, -0.1) is 11.8 Å². The third-order valence-electron chi connectivity index (χ3n) is 4.28. The van der Waals surface area contributed by atoms with Crippen LogP contribution in [0.4, 0.5) is 0 Å². The Hall–Kier alpha value is -1.94. The number of hydrogen-bond donors (Lipinski definition) is 1. The van der Waals surface area contributed by atoms with E-state index in [1.54, 1.807) is 23.9 Å². The number of amides is 1. The minimum absolute atomic E-state index is 0.00232. The van der Waals surface area contributed by atoms with Crippen LogP contribution in [-0.2, 0) is 9.67 Å². The highest BCUT2D eigenvalue weighted by Gasteiger charge is 2.46. The molecule has 1 aliphatic heterocycles. The first-order chi connectivity index (χ1) is 10.5. The van der Waals surface area contributed by atoms with Gasteiger partial charge in [0.2, 0.25) is 5.91 Å². The highest BCUT2D eigenvalue weighted by atomic mass is 32.2. The first-order valence-electron chi connectivity index (χ1n) is 7.33. The van der Waals surface area contributed by atoms with Crippen LogP contribution in [0.2, 0.25) is 0 Å². The number of carbonyl (C=O) groups is 1. The van der Waals surface area contributed by atoms with Gasteiger partial charge in [0.1, 0.15) is 10.6 Å². The molecule has 0 bridgehead atoms. The lowest BCUT2D eigenvalue weighted by Gasteiger charge is -2.39. The Morgan fingerprint density at radius 2 is 1.77 bits per heavy atom. The van der Waals surface area contributed by atoms with Crippen LogP contribution in [0.15, 0.2) is 54.6 Å². The van der Waals surface area contributed by atoms with Gasteiger partial charge in [0.15, 0.2) is 0 Å². The molecule has 0 aromatic heterocycles. The zero-order valence-electron chi connectivity index (χ0n) is 12.7. The Labute approximate surface area is 135 Å². The summed E-state index contributed by atoms with van der Waals surface area (Å²) in [7, 11) is 0. The van der Waals surface area contributed by atoms with E-state index in [0.29, 0.717) is 5.75 Å². The van der Waals surface area contributed by atoms with E-state index in [-0.39, 0.29) is 17.7 Å². The van der Waals surface area contributed by atoms with Crippen molar-refractivity contribution in [1.29, 1.82) is 0 Å². The molecule has 1 saturated heterocycles. The minimum atomic E-state index is -0.417. The fraction of sp³-hybridized carbons (Fsp3) is 0.278. The molecule has 22 heavy (non-hydrogen) atoms. The van der Waals surface area contributed by atoms with Gasteiger partial charge in [-0.25, -0.2) is 0 Å². The fourth-order valence-electron chi connectivity index (χ4n) is 3.04. The molecule has 2 atom stereocenters. The molecule has 1 N–H and O–H groups in total. The summed E-state index contributed by atoms with van der Waals surface area (Å²) < 4.78 is 0. The quantitative estimate of drug-likeness (QED) is 0.934. The van der Waals surface area contributed by atoms with Crippen LogP contribution < -0.4 is 0 Å². The topological polar surface area (TPSA) is 40.5 Å². The van der Waals surface area contributed by atoms with E-state index in [1.807, 2.05) is 35.2 Å². The van der Waals surface area contributed by atoms with Crippen LogP contribution in [0.5, 0.6) is 5.75 Å². The van der Waals surface area contributed by atoms with Gasteiger partial charge in [-0.1, -0.05) is 42.5 Å². The van der Waals surface area contributed by atoms with Gasteiger partial charge in [-0.3, -0.25) is 4.79 Å². The summed E-state index contributed by atoms with van der Waals surface area (Å²) in [5.74, 6) is 0.871. The second-order valence-electron chi connectivity index (χ2n) is 5.67. The number of hydrogen-bond acceptors (Lipinski definition) is 3. The van der Waals surface area contributed by atoms with E-state index >= 15 is 0 Å². The number of carbonyl (C=O) groups excluding carboxylic acids is 1. The summed E-state index contributed by atoms with van der Waals surface area (Å²) in [5, 5.41) is 9.50. The molecule has 1 fully saturated rings. The third kappa shape index (κ3) is 2.48. The molecule has 2 aromatic rings. The maximum absolute atomic E-state index is 12.5. The van der Waals surface area contributed by atoms with Gasteiger partial charge in [0, 0.05) is 0 Å². The monoisotopic (exact) mass is 313 g/mol. The average molecular weight is 313 g/mol. The maximum atomic E-state index is 12.5. The normalized spacial score (nSPS) is 22.8. The summed E-state index contributed by atoms with van der Waals surface area (Å²) in [6, 6.07) is 17.2. The molecule has 2 unspecified atom stereocenters. The first kappa shape index (κ1) is 15.0. The number of thioether (sulfide) groups is 1. The van der Waals surface area contributed by atoms with Gasteiger partial charge in [0.05, 0.1) is 11.8 Å². The Bertz CT molecular complexity index is 671. The lowest BCUT2D eigenvalue weighted by atomic mass is 10.0. The van der Waals surface area contributed by atoms with Crippen LogP contribution in [0.3, 0.4) is 0 Å². The van der Waals surface area contributed by atoms with Crippen LogP contribution in [0.25, 0.3) is 0 Å². The van der Waals surface area contributed by atoms with Crippen LogP contribution >= 0.6 is 11.8 Å². The van der Waals surface area contributed by atoms with Crippen molar-refractivity contribution in [3.05, 3.63) is 65.7 Å². The van der Waals surface area contributed by atoms with E-state index in [0.717, 1.165) is 11.1 Å². The van der Waals surface area contributed by atoms with Gasteiger partial charge in [-0.2, -0.15) is 0 Å². The Morgan fingerprint density at radius 1 is 1.14 bits per heavy atom. The van der Waals surface area contributed by atoms with Gasteiger partial charge in [0.25, 0.3) is 0 Å². The van der Waals surface area contributed by atoms with Gasteiger partial charge in [-0.05, 0) is 37.1 Å². The molecule has 2 aromatic carbocycles. The molecule has 0 spiro atoms. The van der Waals surface area contributed by atoms with Crippen LogP contribution in [0.1, 0.15) is 31.0 Å². The molecule has 114 valence electrons. The van der Waals surface area contributed by atoms with Crippen molar-refractivity contribution < 1.29 is 9.90 Å². The number of phenols is 1. The maximum Gasteiger partial charge on any atom is 0.234 e. The zero-order valence-corrected chi connectivity index (χ0v) is 13.5. The van der Waals surface area contributed by atoms with E-state index in [1.165, 1.54) is 0 Å². The lowest BCUT2D eigenvalue weighted by molar-refractivity contribution is -0.132. The Balaban J connectivity index is 2.00. The van der Waals surface area contributed by atoms with Crippen LogP contribution in [0, 0.1) is 0 Å². The van der Waals surface area contributed by atoms with Crippen molar-refractivity contribution in [3.8, 4) is 5.75 Å². The highest BCUT2D eigenvalue weighted by Crippen LogP contribution is 2.49. The summed E-state index contributed by atoms with van der Waals surface area (Å²) in [6.07, 6.45) is 0. The molecule has 1 heterocycles. The minimum Gasteiger partial charge on any atom is -0.508 e.